The zero-order valence-electron chi connectivity index (χ0n) is 14.7. The lowest BCUT2D eigenvalue weighted by atomic mass is 10.2. The summed E-state index contributed by atoms with van der Waals surface area (Å²) in [5, 5.41) is 14.1. The van der Waals surface area contributed by atoms with E-state index in [1.807, 2.05) is 18.2 Å². The third kappa shape index (κ3) is 4.99. The Labute approximate surface area is 155 Å². The highest BCUT2D eigenvalue weighted by molar-refractivity contribution is 7.13. The van der Waals surface area contributed by atoms with Crippen LogP contribution >= 0.6 is 11.3 Å². The molecule has 0 aliphatic rings. The minimum atomic E-state index is -1.01. The standard InChI is InChI=1S/C16H21N5O4S/c1-21(16(22)23)8-10-9-26-15(19-10)20-14(17)18-7-11-12(24-2)5-4-6-13(11)25-3/h4-6,9H,7-8H2,1-3H3,(H,22,23)(H3,17,18,19,20). The molecule has 26 heavy (non-hydrogen) atoms. The number of anilines is 1. The van der Waals surface area contributed by atoms with Crippen LogP contribution in [0, 0.1) is 0 Å². The highest BCUT2D eigenvalue weighted by Gasteiger charge is 2.11. The quantitative estimate of drug-likeness (QED) is 0.498. The number of aliphatic imine (C=N–C) groups is 1. The highest BCUT2D eigenvalue weighted by atomic mass is 32.1. The molecule has 1 aromatic carbocycles. The van der Waals surface area contributed by atoms with Gasteiger partial charge in [-0.1, -0.05) is 6.07 Å². The van der Waals surface area contributed by atoms with Crippen LogP contribution in [0.5, 0.6) is 11.5 Å². The maximum atomic E-state index is 10.8. The number of hydrogen-bond acceptors (Lipinski definition) is 6. The van der Waals surface area contributed by atoms with Gasteiger partial charge in [-0.3, -0.25) is 0 Å². The topological polar surface area (TPSA) is 122 Å². The number of nitrogens with one attached hydrogen (secondary N) is 1. The van der Waals surface area contributed by atoms with Gasteiger partial charge in [-0.2, -0.15) is 0 Å². The third-order valence-electron chi connectivity index (χ3n) is 3.45. The van der Waals surface area contributed by atoms with Crippen LogP contribution in [0.3, 0.4) is 0 Å². The highest BCUT2D eigenvalue weighted by Crippen LogP contribution is 2.28. The minimum absolute atomic E-state index is 0.186. The van der Waals surface area contributed by atoms with Gasteiger partial charge in [0, 0.05) is 12.4 Å². The van der Waals surface area contributed by atoms with Crippen LogP contribution in [0.1, 0.15) is 11.3 Å². The van der Waals surface area contributed by atoms with Crippen LogP contribution in [0.2, 0.25) is 0 Å². The minimum Gasteiger partial charge on any atom is -0.496 e. The molecule has 4 N–H and O–H groups in total. The Morgan fingerprint density at radius 1 is 1.38 bits per heavy atom. The number of aromatic nitrogens is 1. The normalized spacial score (nSPS) is 11.1. The van der Waals surface area contributed by atoms with Gasteiger partial charge in [0.25, 0.3) is 0 Å². The van der Waals surface area contributed by atoms with Crippen molar-refractivity contribution < 1.29 is 19.4 Å². The number of hydrogen-bond donors (Lipinski definition) is 3. The molecule has 0 fully saturated rings. The Hall–Kier alpha value is -3.01. The van der Waals surface area contributed by atoms with Gasteiger partial charge >= 0.3 is 6.09 Å². The molecule has 0 radical (unpaired) electrons. The first-order valence-electron chi connectivity index (χ1n) is 7.59. The van der Waals surface area contributed by atoms with Crippen LogP contribution in [0.15, 0.2) is 28.6 Å². The summed E-state index contributed by atoms with van der Waals surface area (Å²) < 4.78 is 10.6. The predicted octanol–water partition coefficient (Wildman–Crippen LogP) is 2.20. The number of amides is 1. The second-order valence-electron chi connectivity index (χ2n) is 5.25. The number of thiazole rings is 1. The Morgan fingerprint density at radius 3 is 2.62 bits per heavy atom. The first-order chi connectivity index (χ1) is 12.4. The summed E-state index contributed by atoms with van der Waals surface area (Å²) in [4.78, 5) is 20.6. The summed E-state index contributed by atoms with van der Waals surface area (Å²) in [7, 11) is 4.63. The summed E-state index contributed by atoms with van der Waals surface area (Å²) in [6, 6.07) is 5.48. The van der Waals surface area contributed by atoms with Gasteiger partial charge in [0.2, 0.25) is 0 Å². The van der Waals surface area contributed by atoms with E-state index >= 15 is 0 Å². The lowest BCUT2D eigenvalue weighted by Crippen LogP contribution is -2.24. The number of nitrogens with zero attached hydrogens (tertiary/aromatic N) is 3. The molecule has 1 heterocycles. The van der Waals surface area contributed by atoms with E-state index in [0.29, 0.717) is 22.3 Å². The maximum Gasteiger partial charge on any atom is 0.407 e. The van der Waals surface area contributed by atoms with Crippen LogP contribution in [0.25, 0.3) is 0 Å². The molecule has 140 valence electrons. The fourth-order valence-electron chi connectivity index (χ4n) is 2.14. The van der Waals surface area contributed by atoms with Gasteiger partial charge in [-0.25, -0.2) is 14.8 Å². The molecule has 0 spiro atoms. The van der Waals surface area contributed by atoms with Crippen molar-refractivity contribution in [1.29, 1.82) is 0 Å². The van der Waals surface area contributed by atoms with Crippen molar-refractivity contribution in [2.75, 3.05) is 26.6 Å². The van der Waals surface area contributed by atoms with E-state index in [9.17, 15) is 4.79 Å². The van der Waals surface area contributed by atoms with Crippen molar-refractivity contribution in [3.63, 3.8) is 0 Å². The number of benzene rings is 1. The lowest BCUT2D eigenvalue weighted by molar-refractivity contribution is 0.153. The number of guanidine groups is 1. The first kappa shape index (κ1) is 19.3. The van der Waals surface area contributed by atoms with E-state index in [0.717, 1.165) is 10.5 Å². The summed E-state index contributed by atoms with van der Waals surface area (Å²) in [6.45, 7) is 0.467. The van der Waals surface area contributed by atoms with Gasteiger partial charge in [0.1, 0.15) is 11.5 Å². The Bertz CT molecular complexity index is 770. The summed E-state index contributed by atoms with van der Waals surface area (Å²) >= 11 is 1.32. The fraction of sp³-hybridized carbons (Fsp3) is 0.312. The van der Waals surface area contributed by atoms with Crippen molar-refractivity contribution in [3.05, 3.63) is 34.8 Å². The molecule has 0 bridgehead atoms. The fourth-order valence-corrected chi connectivity index (χ4v) is 2.85. The van der Waals surface area contributed by atoms with Crippen LogP contribution < -0.4 is 20.5 Å². The monoisotopic (exact) mass is 379 g/mol. The van der Waals surface area contributed by atoms with E-state index in [2.05, 4.69) is 15.3 Å². The molecule has 1 amide bonds. The van der Waals surface area contributed by atoms with E-state index in [1.165, 1.54) is 18.4 Å². The zero-order valence-corrected chi connectivity index (χ0v) is 15.5. The van der Waals surface area contributed by atoms with Gasteiger partial charge in [0.15, 0.2) is 11.1 Å². The number of rotatable bonds is 7. The van der Waals surface area contributed by atoms with Crippen LogP contribution in [-0.4, -0.2) is 48.3 Å². The summed E-state index contributed by atoms with van der Waals surface area (Å²) in [5.41, 5.74) is 7.32. The summed E-state index contributed by atoms with van der Waals surface area (Å²) in [5.74, 6) is 1.51. The second-order valence-corrected chi connectivity index (χ2v) is 6.11. The molecule has 2 aromatic rings. The molecule has 2 rings (SSSR count). The number of nitrogens with two attached hydrogens (primary N) is 1. The molecule has 0 saturated heterocycles. The van der Waals surface area contributed by atoms with E-state index in [-0.39, 0.29) is 19.0 Å². The summed E-state index contributed by atoms with van der Waals surface area (Å²) in [6.07, 6.45) is -1.01. The second kappa shape index (κ2) is 8.90. The molecule has 0 aliphatic heterocycles. The molecule has 0 atom stereocenters. The average Bonchev–Trinajstić information content (AvgIpc) is 3.06. The predicted molar refractivity (Wildman–Crippen MR) is 100 cm³/mol. The van der Waals surface area contributed by atoms with Crippen molar-refractivity contribution in [2.45, 2.75) is 13.1 Å². The molecule has 0 unspecified atom stereocenters. The molecule has 0 aliphatic carbocycles. The number of carbonyl (C=O) groups is 1. The average molecular weight is 379 g/mol. The van der Waals surface area contributed by atoms with Gasteiger partial charge in [-0.15, -0.1) is 11.3 Å². The molecule has 10 heteroatoms. The van der Waals surface area contributed by atoms with Crippen molar-refractivity contribution in [3.8, 4) is 11.5 Å². The van der Waals surface area contributed by atoms with E-state index < -0.39 is 6.09 Å². The van der Waals surface area contributed by atoms with Gasteiger partial charge in [0.05, 0.1) is 38.6 Å². The van der Waals surface area contributed by atoms with Gasteiger partial charge < -0.3 is 30.5 Å². The Balaban J connectivity index is 2.03. The van der Waals surface area contributed by atoms with Gasteiger partial charge in [-0.05, 0) is 12.1 Å². The van der Waals surface area contributed by atoms with Crippen molar-refractivity contribution in [2.24, 2.45) is 10.7 Å². The van der Waals surface area contributed by atoms with Crippen molar-refractivity contribution in [1.82, 2.24) is 9.88 Å². The number of ether oxygens (including phenoxy) is 2. The molecule has 0 saturated carbocycles. The van der Waals surface area contributed by atoms with Crippen LogP contribution in [0.4, 0.5) is 9.93 Å². The Kier molecular flexibility index (Phi) is 6.61. The van der Waals surface area contributed by atoms with Crippen LogP contribution in [-0.2, 0) is 13.1 Å². The van der Waals surface area contributed by atoms with Crippen molar-refractivity contribution >= 4 is 28.5 Å². The number of methoxy groups -OCH3 is 2. The third-order valence-corrected chi connectivity index (χ3v) is 4.26. The smallest absolute Gasteiger partial charge is 0.407 e. The molecular weight excluding hydrogens is 358 g/mol. The SMILES string of the molecule is COc1cccc(OC)c1CN=C(N)Nc1nc(CN(C)C(=O)O)cs1. The number of carboxylic acid groups (broad SMARTS) is 1. The van der Waals surface area contributed by atoms with E-state index in [4.69, 9.17) is 20.3 Å². The largest absolute Gasteiger partial charge is 0.496 e. The Morgan fingerprint density at radius 2 is 2.04 bits per heavy atom. The first-order valence-corrected chi connectivity index (χ1v) is 8.47. The lowest BCUT2D eigenvalue weighted by Gasteiger charge is -2.11. The molecule has 1 aromatic heterocycles. The zero-order chi connectivity index (χ0) is 19.1. The van der Waals surface area contributed by atoms with E-state index in [1.54, 1.807) is 19.6 Å². The molecular formula is C16H21N5O4S. The molecule has 9 nitrogen and oxygen atoms in total. The maximum absolute atomic E-state index is 10.8.